The summed E-state index contributed by atoms with van der Waals surface area (Å²) in [6.45, 7) is 8.11. The average molecular weight is 425 g/mol. The Hall–Kier alpha value is -1.90. The van der Waals surface area contributed by atoms with Crippen molar-refractivity contribution >= 4 is 33.0 Å². The van der Waals surface area contributed by atoms with Crippen LogP contribution in [0, 0.1) is 0 Å². The van der Waals surface area contributed by atoms with Gasteiger partial charge in [-0.15, -0.1) is 11.3 Å². The fourth-order valence-corrected chi connectivity index (χ4v) is 4.93. The highest BCUT2D eigenvalue weighted by atomic mass is 32.2. The van der Waals surface area contributed by atoms with Crippen molar-refractivity contribution in [1.29, 1.82) is 0 Å². The number of ether oxygens (including phenoxy) is 1. The monoisotopic (exact) mass is 424 g/mol. The molecule has 1 heterocycles. The van der Waals surface area contributed by atoms with Crippen LogP contribution in [0.15, 0.2) is 40.6 Å². The van der Waals surface area contributed by atoms with Crippen LogP contribution in [0.2, 0.25) is 0 Å². The molecule has 0 saturated carbocycles. The Bertz CT molecular complexity index is 874. The molecule has 1 aromatic heterocycles. The maximum Gasteiger partial charge on any atom is 0.243 e. The summed E-state index contributed by atoms with van der Waals surface area (Å²) >= 11 is 1.61. The molecule has 0 unspecified atom stereocenters. The van der Waals surface area contributed by atoms with Crippen LogP contribution in [0.1, 0.15) is 39.0 Å². The fourth-order valence-electron chi connectivity index (χ4n) is 2.74. The van der Waals surface area contributed by atoms with Crippen molar-refractivity contribution in [2.75, 3.05) is 18.4 Å². The van der Waals surface area contributed by atoms with E-state index in [2.05, 4.69) is 5.32 Å². The SMILES string of the molecule is CCN(CC)S(=O)(=O)c1ccc(OC(C)C)c(NC(=O)CCc2cccs2)c1. The summed E-state index contributed by atoms with van der Waals surface area (Å²) in [4.78, 5) is 13.7. The Morgan fingerprint density at radius 3 is 2.50 bits per heavy atom. The number of hydrogen-bond donors (Lipinski definition) is 1. The fraction of sp³-hybridized carbons (Fsp3) is 0.450. The first-order chi connectivity index (χ1) is 13.3. The summed E-state index contributed by atoms with van der Waals surface area (Å²) < 4.78 is 32.8. The largest absolute Gasteiger partial charge is 0.489 e. The molecule has 0 atom stereocenters. The molecule has 0 saturated heterocycles. The first-order valence-corrected chi connectivity index (χ1v) is 11.7. The lowest BCUT2D eigenvalue weighted by Gasteiger charge is -2.20. The first kappa shape index (κ1) is 22.4. The summed E-state index contributed by atoms with van der Waals surface area (Å²) in [5.41, 5.74) is 0.373. The predicted molar refractivity (Wildman–Crippen MR) is 114 cm³/mol. The molecule has 1 N–H and O–H groups in total. The Morgan fingerprint density at radius 2 is 1.93 bits per heavy atom. The highest BCUT2D eigenvalue weighted by molar-refractivity contribution is 7.89. The van der Waals surface area contributed by atoms with Crippen LogP contribution in [0.4, 0.5) is 5.69 Å². The van der Waals surface area contributed by atoms with Gasteiger partial charge >= 0.3 is 0 Å². The Kier molecular flexibility index (Phi) is 8.03. The van der Waals surface area contributed by atoms with E-state index >= 15 is 0 Å². The summed E-state index contributed by atoms with van der Waals surface area (Å²) in [5, 5.41) is 4.80. The standard InChI is InChI=1S/C20H28N2O4S2/c1-5-22(6-2)28(24,25)17-10-11-19(26-15(3)4)18(14-17)21-20(23)12-9-16-8-7-13-27-16/h7-8,10-11,13-15H,5-6,9,12H2,1-4H3,(H,21,23). The molecule has 0 radical (unpaired) electrons. The van der Waals surface area contributed by atoms with Gasteiger partial charge in [-0.05, 0) is 49.9 Å². The maximum absolute atomic E-state index is 12.8. The smallest absolute Gasteiger partial charge is 0.243 e. The van der Waals surface area contributed by atoms with Gasteiger partial charge in [-0.1, -0.05) is 19.9 Å². The molecule has 2 rings (SSSR count). The molecule has 0 bridgehead atoms. The zero-order valence-electron chi connectivity index (χ0n) is 16.8. The third kappa shape index (κ3) is 5.80. The minimum atomic E-state index is -3.62. The van der Waals surface area contributed by atoms with Crippen molar-refractivity contribution < 1.29 is 17.9 Å². The van der Waals surface area contributed by atoms with E-state index in [1.165, 1.54) is 16.4 Å². The van der Waals surface area contributed by atoms with Gasteiger partial charge in [-0.3, -0.25) is 4.79 Å². The van der Waals surface area contributed by atoms with Crippen LogP contribution in [0.5, 0.6) is 5.75 Å². The minimum Gasteiger partial charge on any atom is -0.489 e. The van der Waals surface area contributed by atoms with Gasteiger partial charge in [-0.2, -0.15) is 4.31 Å². The number of amides is 1. The average Bonchev–Trinajstić information content (AvgIpc) is 3.15. The normalized spacial score (nSPS) is 11.8. The van der Waals surface area contributed by atoms with Crippen LogP contribution >= 0.6 is 11.3 Å². The lowest BCUT2D eigenvalue weighted by Crippen LogP contribution is -2.30. The molecule has 0 spiro atoms. The van der Waals surface area contributed by atoms with Crippen molar-refractivity contribution in [1.82, 2.24) is 4.31 Å². The van der Waals surface area contributed by atoms with Gasteiger partial charge in [0.1, 0.15) is 5.75 Å². The zero-order valence-corrected chi connectivity index (χ0v) is 18.4. The number of benzene rings is 1. The second kappa shape index (κ2) is 10.0. The van der Waals surface area contributed by atoms with Crippen LogP contribution in [-0.4, -0.2) is 37.8 Å². The lowest BCUT2D eigenvalue weighted by atomic mass is 10.2. The summed E-state index contributed by atoms with van der Waals surface area (Å²) in [6, 6.07) is 8.54. The number of anilines is 1. The first-order valence-electron chi connectivity index (χ1n) is 9.41. The number of aryl methyl sites for hydroxylation is 1. The quantitative estimate of drug-likeness (QED) is 0.622. The third-order valence-electron chi connectivity index (χ3n) is 4.11. The van der Waals surface area contributed by atoms with Crippen LogP contribution in [0.3, 0.4) is 0 Å². The molecule has 28 heavy (non-hydrogen) atoms. The predicted octanol–water partition coefficient (Wildman–Crippen LogP) is 4.14. The van der Waals surface area contributed by atoms with Gasteiger partial charge in [0.15, 0.2) is 0 Å². The van der Waals surface area contributed by atoms with E-state index in [9.17, 15) is 13.2 Å². The molecule has 2 aromatic rings. The van der Waals surface area contributed by atoms with Crippen molar-refractivity contribution in [3.8, 4) is 5.75 Å². The Balaban J connectivity index is 2.26. The van der Waals surface area contributed by atoms with Crippen molar-refractivity contribution in [2.45, 2.75) is 51.5 Å². The molecule has 1 aromatic carbocycles. The van der Waals surface area contributed by atoms with Crippen LogP contribution < -0.4 is 10.1 Å². The van der Waals surface area contributed by atoms with Crippen molar-refractivity contribution in [3.63, 3.8) is 0 Å². The number of carbonyl (C=O) groups is 1. The molecule has 0 aliphatic heterocycles. The Labute approximate surface area is 171 Å². The Morgan fingerprint density at radius 1 is 1.21 bits per heavy atom. The van der Waals surface area contributed by atoms with Gasteiger partial charge in [0.25, 0.3) is 0 Å². The number of nitrogens with one attached hydrogen (secondary N) is 1. The summed E-state index contributed by atoms with van der Waals surface area (Å²) in [5.74, 6) is 0.275. The van der Waals surface area contributed by atoms with E-state index < -0.39 is 10.0 Å². The molecule has 1 amide bonds. The molecule has 0 aliphatic carbocycles. The molecule has 0 aliphatic rings. The zero-order chi connectivity index (χ0) is 20.7. The maximum atomic E-state index is 12.8. The lowest BCUT2D eigenvalue weighted by molar-refractivity contribution is -0.116. The van der Waals surface area contributed by atoms with Gasteiger partial charge < -0.3 is 10.1 Å². The number of rotatable bonds is 10. The van der Waals surface area contributed by atoms with Gasteiger partial charge in [0.05, 0.1) is 16.7 Å². The second-order valence-electron chi connectivity index (χ2n) is 6.54. The second-order valence-corrected chi connectivity index (χ2v) is 9.51. The molecular formula is C20H28N2O4S2. The number of carbonyl (C=O) groups excluding carboxylic acids is 1. The van der Waals surface area contributed by atoms with Crippen molar-refractivity contribution in [2.24, 2.45) is 0 Å². The minimum absolute atomic E-state index is 0.105. The molecule has 8 heteroatoms. The van der Waals surface area contributed by atoms with Gasteiger partial charge in [0, 0.05) is 24.4 Å². The highest BCUT2D eigenvalue weighted by Gasteiger charge is 2.23. The van der Waals surface area contributed by atoms with E-state index in [0.29, 0.717) is 37.4 Å². The molecule has 0 fully saturated rings. The van der Waals surface area contributed by atoms with E-state index in [0.717, 1.165) is 4.88 Å². The van der Waals surface area contributed by atoms with Gasteiger partial charge in [-0.25, -0.2) is 8.42 Å². The highest BCUT2D eigenvalue weighted by Crippen LogP contribution is 2.30. The third-order valence-corrected chi connectivity index (χ3v) is 7.09. The number of thiophene rings is 1. The molecular weight excluding hydrogens is 396 g/mol. The van der Waals surface area contributed by atoms with Crippen LogP contribution in [0.25, 0.3) is 0 Å². The molecule has 6 nitrogen and oxygen atoms in total. The number of sulfonamides is 1. The van der Waals surface area contributed by atoms with Gasteiger partial charge in [0.2, 0.25) is 15.9 Å². The van der Waals surface area contributed by atoms with Crippen molar-refractivity contribution in [3.05, 3.63) is 40.6 Å². The van der Waals surface area contributed by atoms with Crippen LogP contribution in [-0.2, 0) is 21.2 Å². The molecule has 154 valence electrons. The number of nitrogens with zero attached hydrogens (tertiary/aromatic N) is 1. The van der Waals surface area contributed by atoms with E-state index in [-0.39, 0.29) is 16.9 Å². The van der Waals surface area contributed by atoms with E-state index in [1.807, 2.05) is 31.4 Å². The van der Waals surface area contributed by atoms with E-state index in [4.69, 9.17) is 4.74 Å². The number of hydrogen-bond acceptors (Lipinski definition) is 5. The van der Waals surface area contributed by atoms with E-state index in [1.54, 1.807) is 31.3 Å². The summed E-state index contributed by atoms with van der Waals surface area (Å²) in [7, 11) is -3.62. The summed E-state index contributed by atoms with van der Waals surface area (Å²) in [6.07, 6.45) is 0.850. The topological polar surface area (TPSA) is 75.7 Å².